The van der Waals surface area contributed by atoms with Gasteiger partial charge in [-0.3, -0.25) is 14.5 Å². The number of nitrogens with one attached hydrogen (secondary N) is 1. The Hall–Kier alpha value is -3.15. The van der Waals surface area contributed by atoms with E-state index in [2.05, 4.69) is 22.3 Å². The average molecular weight is 622 g/mol. The van der Waals surface area contributed by atoms with Crippen molar-refractivity contribution >= 4 is 17.5 Å². The number of alkyl halides is 3. The zero-order valence-electron chi connectivity index (χ0n) is 26.1. The second-order valence-corrected chi connectivity index (χ2v) is 11.9. The van der Waals surface area contributed by atoms with Crippen LogP contribution in [0.5, 0.6) is 5.75 Å². The minimum atomic E-state index is -4.45. The molecule has 244 valence electrons. The molecule has 4 atom stereocenters. The van der Waals surface area contributed by atoms with Gasteiger partial charge in [-0.2, -0.15) is 13.2 Å². The number of aliphatic hydroxyl groups is 1. The van der Waals surface area contributed by atoms with Gasteiger partial charge in [0, 0.05) is 44.3 Å². The van der Waals surface area contributed by atoms with E-state index in [4.69, 9.17) is 9.47 Å². The zero-order chi connectivity index (χ0) is 32.3. The van der Waals surface area contributed by atoms with Crippen LogP contribution in [-0.2, 0) is 16.1 Å². The molecule has 1 aliphatic rings. The Balaban J connectivity index is 1.89. The molecule has 0 fully saturated rings. The molecule has 0 unspecified atom stereocenters. The highest BCUT2D eigenvalue weighted by atomic mass is 19.4. The summed E-state index contributed by atoms with van der Waals surface area (Å²) >= 11 is 0. The number of hydrogen-bond acceptors (Lipinski definition) is 6. The van der Waals surface area contributed by atoms with Gasteiger partial charge in [-0.25, -0.2) is 0 Å². The van der Waals surface area contributed by atoms with Gasteiger partial charge in [0.25, 0.3) is 5.91 Å². The molecular formula is C33H46F3N3O5. The fourth-order valence-electron chi connectivity index (χ4n) is 5.21. The highest BCUT2D eigenvalue weighted by Gasteiger charge is 2.31. The van der Waals surface area contributed by atoms with Crippen LogP contribution in [0.2, 0.25) is 0 Å². The van der Waals surface area contributed by atoms with Crippen molar-refractivity contribution in [1.29, 1.82) is 0 Å². The summed E-state index contributed by atoms with van der Waals surface area (Å²) in [5, 5.41) is 12.6. The number of amides is 2. The predicted octanol–water partition coefficient (Wildman–Crippen LogP) is 5.90. The van der Waals surface area contributed by atoms with Crippen LogP contribution in [0.3, 0.4) is 0 Å². The Labute approximate surface area is 258 Å². The SMILES string of the molecule is C[C@@H]1CN([C@H](C)CO)C(=O)c2cc(NC(=O)CCC(F)(F)F)ccc2O[C@@H](C)CCCCO[C@H]1CN(C)Cc1ccccc1. The average Bonchev–Trinajstić information content (AvgIpc) is 2.97. The van der Waals surface area contributed by atoms with E-state index in [0.717, 1.165) is 25.8 Å². The molecular weight excluding hydrogens is 575 g/mol. The minimum Gasteiger partial charge on any atom is -0.490 e. The molecule has 2 N–H and O–H groups in total. The molecule has 44 heavy (non-hydrogen) atoms. The van der Waals surface area contributed by atoms with Gasteiger partial charge in [-0.1, -0.05) is 37.3 Å². The van der Waals surface area contributed by atoms with Gasteiger partial charge in [0.05, 0.1) is 36.8 Å². The quantitative estimate of drug-likeness (QED) is 0.363. The summed E-state index contributed by atoms with van der Waals surface area (Å²) < 4.78 is 50.5. The number of hydrogen-bond donors (Lipinski definition) is 2. The first kappa shape index (κ1) is 35.3. The molecule has 0 saturated heterocycles. The van der Waals surface area contributed by atoms with Crippen LogP contribution in [0.25, 0.3) is 0 Å². The Bertz CT molecular complexity index is 1200. The fourth-order valence-corrected chi connectivity index (χ4v) is 5.21. The molecule has 2 aromatic carbocycles. The topological polar surface area (TPSA) is 91.3 Å². The maximum absolute atomic E-state index is 14.1. The zero-order valence-corrected chi connectivity index (χ0v) is 26.1. The van der Waals surface area contributed by atoms with Crippen molar-refractivity contribution in [1.82, 2.24) is 9.80 Å². The van der Waals surface area contributed by atoms with Crippen LogP contribution in [0.1, 0.15) is 68.8 Å². The number of benzene rings is 2. The summed E-state index contributed by atoms with van der Waals surface area (Å²) in [6.45, 7) is 7.62. The lowest BCUT2D eigenvalue weighted by Gasteiger charge is -2.36. The number of nitrogens with zero attached hydrogens (tertiary/aromatic N) is 2. The first-order valence-electron chi connectivity index (χ1n) is 15.3. The maximum Gasteiger partial charge on any atom is 0.389 e. The highest BCUT2D eigenvalue weighted by molar-refractivity contribution is 5.99. The third-order valence-electron chi connectivity index (χ3n) is 7.76. The van der Waals surface area contributed by atoms with E-state index in [1.807, 2.05) is 39.1 Å². The Kier molecular flexibility index (Phi) is 13.5. The van der Waals surface area contributed by atoms with E-state index in [1.54, 1.807) is 17.9 Å². The van der Waals surface area contributed by atoms with Gasteiger partial charge in [0.1, 0.15) is 5.75 Å². The molecule has 3 rings (SSSR count). The van der Waals surface area contributed by atoms with Crippen molar-refractivity contribution in [3.8, 4) is 5.75 Å². The Morgan fingerprint density at radius 3 is 2.57 bits per heavy atom. The van der Waals surface area contributed by atoms with Gasteiger partial charge in [-0.15, -0.1) is 0 Å². The number of carbonyl (C=O) groups is 2. The number of ether oxygens (including phenoxy) is 2. The summed E-state index contributed by atoms with van der Waals surface area (Å²) in [7, 11) is 2.04. The Morgan fingerprint density at radius 2 is 1.89 bits per heavy atom. The third-order valence-corrected chi connectivity index (χ3v) is 7.76. The highest BCUT2D eigenvalue weighted by Crippen LogP contribution is 2.29. The van der Waals surface area contributed by atoms with Crippen molar-refractivity contribution in [2.75, 3.05) is 38.7 Å². The fraction of sp³-hybridized carbons (Fsp3) is 0.576. The minimum absolute atomic E-state index is 0.109. The van der Waals surface area contributed by atoms with E-state index in [-0.39, 0.29) is 42.5 Å². The van der Waals surface area contributed by atoms with Crippen LogP contribution in [0.4, 0.5) is 18.9 Å². The van der Waals surface area contributed by atoms with Crippen LogP contribution in [-0.4, -0.2) is 84.5 Å². The van der Waals surface area contributed by atoms with Crippen LogP contribution in [0, 0.1) is 5.92 Å². The number of rotatable bonds is 9. The van der Waals surface area contributed by atoms with Crippen LogP contribution >= 0.6 is 0 Å². The maximum atomic E-state index is 14.1. The predicted molar refractivity (Wildman–Crippen MR) is 164 cm³/mol. The largest absolute Gasteiger partial charge is 0.490 e. The van der Waals surface area contributed by atoms with Gasteiger partial charge in [0.2, 0.25) is 5.91 Å². The molecule has 1 aliphatic heterocycles. The number of likely N-dealkylation sites (N-methyl/N-ethyl adjacent to an activating group) is 1. The molecule has 11 heteroatoms. The third kappa shape index (κ3) is 11.4. The summed E-state index contributed by atoms with van der Waals surface area (Å²) in [6, 6.07) is 14.1. The van der Waals surface area contributed by atoms with E-state index < -0.39 is 36.9 Å². The van der Waals surface area contributed by atoms with Gasteiger partial charge < -0.3 is 24.8 Å². The number of anilines is 1. The molecule has 0 spiro atoms. The standard InChI is InChI=1S/C33H46F3N3O5/c1-23-19-39(24(2)22-40)32(42)28-18-27(37-31(41)15-16-33(34,35)36)13-14-29(28)44-25(3)10-8-9-17-43-30(23)21-38(4)20-26-11-6-5-7-12-26/h5-7,11-14,18,23-25,30,40H,8-10,15-17,19-22H2,1-4H3,(H,37,41)/t23-,24-,25+,30+/m1/s1. The van der Waals surface area contributed by atoms with E-state index in [0.29, 0.717) is 18.9 Å². The van der Waals surface area contributed by atoms with Gasteiger partial charge >= 0.3 is 6.18 Å². The molecule has 8 nitrogen and oxygen atoms in total. The lowest BCUT2D eigenvalue weighted by molar-refractivity contribution is -0.142. The van der Waals surface area contributed by atoms with Crippen LogP contribution < -0.4 is 10.1 Å². The second kappa shape index (κ2) is 16.8. The van der Waals surface area contributed by atoms with Crippen molar-refractivity contribution in [3.63, 3.8) is 0 Å². The molecule has 2 amide bonds. The van der Waals surface area contributed by atoms with E-state index in [1.165, 1.54) is 17.7 Å². The Morgan fingerprint density at radius 1 is 1.16 bits per heavy atom. The van der Waals surface area contributed by atoms with E-state index >= 15 is 0 Å². The van der Waals surface area contributed by atoms with Crippen molar-refractivity contribution in [2.45, 2.75) is 83.8 Å². The number of fused-ring (bicyclic) bond motifs is 1. The molecule has 2 aromatic rings. The molecule has 0 aromatic heterocycles. The van der Waals surface area contributed by atoms with Gasteiger partial charge in [0.15, 0.2) is 0 Å². The first-order valence-corrected chi connectivity index (χ1v) is 15.3. The summed E-state index contributed by atoms with van der Waals surface area (Å²) in [5.74, 6) is -1.02. The lowest BCUT2D eigenvalue weighted by Crippen LogP contribution is -2.47. The molecule has 0 aliphatic carbocycles. The normalized spacial score (nSPS) is 21.2. The lowest BCUT2D eigenvalue weighted by atomic mass is 10.0. The first-order chi connectivity index (χ1) is 20.9. The summed E-state index contributed by atoms with van der Waals surface area (Å²) in [6.07, 6.45) is -4.44. The molecule has 0 radical (unpaired) electrons. The number of aliphatic hydroxyl groups excluding tert-OH is 1. The van der Waals surface area contributed by atoms with Crippen LogP contribution in [0.15, 0.2) is 48.5 Å². The van der Waals surface area contributed by atoms with Crippen molar-refractivity contribution in [3.05, 3.63) is 59.7 Å². The monoisotopic (exact) mass is 621 g/mol. The molecule has 1 heterocycles. The molecule has 0 bridgehead atoms. The molecule has 0 saturated carbocycles. The van der Waals surface area contributed by atoms with Crippen molar-refractivity contribution in [2.24, 2.45) is 5.92 Å². The summed E-state index contributed by atoms with van der Waals surface area (Å²) in [4.78, 5) is 30.2. The number of halogens is 3. The second-order valence-electron chi connectivity index (χ2n) is 11.9. The number of carbonyl (C=O) groups excluding carboxylic acids is 2. The summed E-state index contributed by atoms with van der Waals surface area (Å²) in [5.41, 5.74) is 1.53. The van der Waals surface area contributed by atoms with Gasteiger partial charge in [-0.05, 0) is 63.9 Å². The van der Waals surface area contributed by atoms with E-state index in [9.17, 15) is 27.9 Å². The smallest absolute Gasteiger partial charge is 0.389 e. The van der Waals surface area contributed by atoms with Crippen molar-refractivity contribution < 1.29 is 37.3 Å².